The number of carboxylic acid groups (broad SMARTS) is 1. The van der Waals surface area contributed by atoms with Gasteiger partial charge in [-0.3, -0.25) is 4.79 Å². The second-order valence-corrected chi connectivity index (χ2v) is 6.26. The van der Waals surface area contributed by atoms with Crippen molar-refractivity contribution < 1.29 is 14.7 Å². The summed E-state index contributed by atoms with van der Waals surface area (Å²) in [6.45, 7) is 0.729. The first kappa shape index (κ1) is 13.4. The second kappa shape index (κ2) is 5.32. The molecule has 1 amide bonds. The molecule has 0 radical (unpaired) electrons. The van der Waals surface area contributed by atoms with Crippen LogP contribution in [-0.4, -0.2) is 40.7 Å². The highest BCUT2D eigenvalue weighted by Gasteiger charge is 2.30. The highest BCUT2D eigenvalue weighted by atomic mass is 79.9. The van der Waals surface area contributed by atoms with Gasteiger partial charge >= 0.3 is 5.97 Å². The van der Waals surface area contributed by atoms with Crippen molar-refractivity contribution in [1.29, 1.82) is 0 Å². The Morgan fingerprint density at radius 1 is 1.56 bits per heavy atom. The first-order chi connectivity index (χ1) is 8.49. The summed E-state index contributed by atoms with van der Waals surface area (Å²) in [6.07, 6.45) is 0.756. The molecule has 1 aromatic rings. The molecule has 1 heterocycles. The number of amides is 1. The SMILES string of the molecule is CN1CCC(Sc2cc(Br)ccc2C(=O)O)C1=O. The normalized spacial score (nSPS) is 19.3. The number of benzene rings is 1. The molecule has 96 valence electrons. The Morgan fingerprint density at radius 2 is 2.28 bits per heavy atom. The maximum atomic E-state index is 11.8. The quantitative estimate of drug-likeness (QED) is 0.925. The minimum atomic E-state index is -0.969. The predicted octanol–water partition coefficient (Wildman–Crippen LogP) is 2.47. The van der Waals surface area contributed by atoms with Crippen LogP contribution < -0.4 is 0 Å². The van der Waals surface area contributed by atoms with Crippen molar-refractivity contribution in [3.8, 4) is 0 Å². The molecule has 4 nitrogen and oxygen atoms in total. The maximum absolute atomic E-state index is 11.8. The molecule has 18 heavy (non-hydrogen) atoms. The summed E-state index contributed by atoms with van der Waals surface area (Å²) in [5, 5.41) is 8.95. The molecule has 0 saturated carbocycles. The summed E-state index contributed by atoms with van der Waals surface area (Å²) in [5.74, 6) is -0.903. The van der Waals surface area contributed by atoms with E-state index in [1.165, 1.54) is 11.8 Å². The topological polar surface area (TPSA) is 57.6 Å². The third-order valence-electron chi connectivity index (χ3n) is 2.82. The van der Waals surface area contributed by atoms with Crippen molar-refractivity contribution in [3.05, 3.63) is 28.2 Å². The molecule has 6 heteroatoms. The first-order valence-corrected chi connectivity index (χ1v) is 7.11. The fraction of sp³-hybridized carbons (Fsp3) is 0.333. The lowest BCUT2D eigenvalue weighted by Crippen LogP contribution is -2.23. The van der Waals surface area contributed by atoms with Crippen molar-refractivity contribution >= 4 is 39.6 Å². The Balaban J connectivity index is 2.25. The first-order valence-electron chi connectivity index (χ1n) is 5.43. The van der Waals surface area contributed by atoms with Gasteiger partial charge in [0.25, 0.3) is 0 Å². The number of rotatable bonds is 3. The molecule has 1 atom stereocenters. The lowest BCUT2D eigenvalue weighted by Gasteiger charge is -2.12. The zero-order valence-electron chi connectivity index (χ0n) is 9.72. The summed E-state index contributed by atoms with van der Waals surface area (Å²) < 4.78 is 0.814. The second-order valence-electron chi connectivity index (χ2n) is 4.10. The van der Waals surface area contributed by atoms with Crippen LogP contribution in [0.4, 0.5) is 0 Å². The third kappa shape index (κ3) is 2.70. The van der Waals surface area contributed by atoms with Gasteiger partial charge in [-0.25, -0.2) is 4.79 Å². The average molecular weight is 330 g/mol. The van der Waals surface area contributed by atoms with E-state index >= 15 is 0 Å². The molecular weight excluding hydrogens is 318 g/mol. The number of nitrogens with zero attached hydrogens (tertiary/aromatic N) is 1. The number of carbonyl (C=O) groups is 2. The fourth-order valence-electron chi connectivity index (χ4n) is 1.82. The molecule has 1 N–H and O–H groups in total. The zero-order valence-corrected chi connectivity index (χ0v) is 12.1. The van der Waals surface area contributed by atoms with Gasteiger partial charge < -0.3 is 10.0 Å². The molecule has 0 aliphatic carbocycles. The van der Waals surface area contributed by atoms with Crippen molar-refractivity contribution in [1.82, 2.24) is 4.90 Å². The van der Waals surface area contributed by atoms with Gasteiger partial charge in [-0.05, 0) is 24.6 Å². The number of carbonyl (C=O) groups excluding carboxylic acids is 1. The van der Waals surface area contributed by atoms with E-state index in [-0.39, 0.29) is 16.7 Å². The van der Waals surface area contributed by atoms with Crippen LogP contribution in [0.2, 0.25) is 0 Å². The van der Waals surface area contributed by atoms with Crippen LogP contribution >= 0.6 is 27.7 Å². The number of thioether (sulfide) groups is 1. The Morgan fingerprint density at radius 3 is 2.83 bits per heavy atom. The zero-order chi connectivity index (χ0) is 13.3. The number of carboxylic acids is 1. The van der Waals surface area contributed by atoms with E-state index in [4.69, 9.17) is 5.11 Å². The third-order valence-corrected chi connectivity index (χ3v) is 4.63. The molecule has 0 spiro atoms. The van der Waals surface area contributed by atoms with Crippen molar-refractivity contribution in [2.45, 2.75) is 16.6 Å². The van der Waals surface area contributed by atoms with Gasteiger partial charge in [0.2, 0.25) is 5.91 Å². The number of hydrogen-bond donors (Lipinski definition) is 1. The van der Waals surface area contributed by atoms with E-state index in [0.29, 0.717) is 4.90 Å². The van der Waals surface area contributed by atoms with Crippen molar-refractivity contribution in [3.63, 3.8) is 0 Å². The van der Waals surface area contributed by atoms with Gasteiger partial charge in [-0.15, -0.1) is 11.8 Å². The van der Waals surface area contributed by atoms with E-state index in [9.17, 15) is 9.59 Å². The fourth-order valence-corrected chi connectivity index (χ4v) is 3.62. The molecule has 1 fully saturated rings. The molecule has 1 aliphatic rings. The van der Waals surface area contributed by atoms with E-state index in [2.05, 4.69) is 15.9 Å². The summed E-state index contributed by atoms with van der Waals surface area (Å²) in [7, 11) is 1.77. The van der Waals surface area contributed by atoms with Crippen LogP contribution in [0.1, 0.15) is 16.8 Å². The van der Waals surface area contributed by atoms with Crippen LogP contribution in [0.5, 0.6) is 0 Å². The molecule has 1 saturated heterocycles. The lowest BCUT2D eigenvalue weighted by molar-refractivity contribution is -0.126. The van der Waals surface area contributed by atoms with Gasteiger partial charge in [-0.2, -0.15) is 0 Å². The molecule has 2 rings (SSSR count). The number of aromatic carboxylic acids is 1. The van der Waals surface area contributed by atoms with Crippen molar-refractivity contribution in [2.24, 2.45) is 0 Å². The molecule has 1 aliphatic heterocycles. The van der Waals surface area contributed by atoms with E-state index in [1.54, 1.807) is 30.1 Å². The maximum Gasteiger partial charge on any atom is 0.336 e. The smallest absolute Gasteiger partial charge is 0.336 e. The molecule has 1 aromatic carbocycles. The standard InChI is InChI=1S/C12H12BrNO3S/c1-14-5-4-9(11(14)15)18-10-6-7(13)2-3-8(10)12(16)17/h2-3,6,9H,4-5H2,1H3,(H,16,17). The Kier molecular flexibility index (Phi) is 3.97. The molecule has 0 bridgehead atoms. The van der Waals surface area contributed by atoms with Gasteiger partial charge in [-0.1, -0.05) is 15.9 Å². The predicted molar refractivity (Wildman–Crippen MR) is 73.0 cm³/mol. The van der Waals surface area contributed by atoms with Gasteiger partial charge in [0.1, 0.15) is 0 Å². The number of hydrogen-bond acceptors (Lipinski definition) is 3. The number of halogens is 1. The largest absolute Gasteiger partial charge is 0.478 e. The summed E-state index contributed by atoms with van der Waals surface area (Å²) >= 11 is 4.65. The van der Waals surface area contributed by atoms with Gasteiger partial charge in [0, 0.05) is 23.0 Å². The van der Waals surface area contributed by atoms with E-state index in [0.717, 1.165) is 17.4 Å². The molecule has 0 aromatic heterocycles. The monoisotopic (exact) mass is 329 g/mol. The molecule has 1 unspecified atom stereocenters. The number of likely N-dealkylation sites (tertiary alicyclic amines) is 1. The Bertz CT molecular complexity index is 506. The van der Waals surface area contributed by atoms with Gasteiger partial charge in [0.15, 0.2) is 0 Å². The van der Waals surface area contributed by atoms with Gasteiger partial charge in [0.05, 0.1) is 10.8 Å². The van der Waals surface area contributed by atoms with Crippen LogP contribution in [0.15, 0.2) is 27.6 Å². The average Bonchev–Trinajstić information content (AvgIpc) is 2.61. The summed E-state index contributed by atoms with van der Waals surface area (Å²) in [4.78, 5) is 25.3. The Hall–Kier alpha value is -1.01. The van der Waals surface area contributed by atoms with E-state index in [1.807, 2.05) is 0 Å². The summed E-state index contributed by atoms with van der Waals surface area (Å²) in [5.41, 5.74) is 0.241. The minimum absolute atomic E-state index is 0.0660. The van der Waals surface area contributed by atoms with Crippen LogP contribution in [0, 0.1) is 0 Å². The van der Waals surface area contributed by atoms with Crippen LogP contribution in [0.25, 0.3) is 0 Å². The Labute approximate surface area is 117 Å². The lowest BCUT2D eigenvalue weighted by atomic mass is 10.2. The summed E-state index contributed by atoms with van der Waals surface area (Å²) in [6, 6.07) is 4.99. The minimum Gasteiger partial charge on any atom is -0.478 e. The van der Waals surface area contributed by atoms with Crippen molar-refractivity contribution in [2.75, 3.05) is 13.6 Å². The highest BCUT2D eigenvalue weighted by Crippen LogP contribution is 2.34. The van der Waals surface area contributed by atoms with E-state index < -0.39 is 5.97 Å². The van der Waals surface area contributed by atoms with Crippen LogP contribution in [0.3, 0.4) is 0 Å². The molecular formula is C12H12BrNO3S. The highest BCUT2D eigenvalue weighted by molar-refractivity contribution is 9.10. The van der Waals surface area contributed by atoms with Crippen LogP contribution in [-0.2, 0) is 4.79 Å².